The summed E-state index contributed by atoms with van der Waals surface area (Å²) in [6.45, 7) is 4.08. The van der Waals surface area contributed by atoms with Gasteiger partial charge in [0.05, 0.1) is 17.9 Å². The Labute approximate surface area is 286 Å². The first-order valence-corrected chi connectivity index (χ1v) is 16.0. The number of sulfonamides is 1. The Morgan fingerprint density at radius 1 is 0.911 bits per heavy atom. The van der Waals surface area contributed by atoms with Crippen LogP contribution in [0.1, 0.15) is 50.3 Å². The van der Waals surface area contributed by atoms with Crippen LogP contribution in [0.5, 0.6) is 0 Å². The number of aliphatic hydroxyl groups is 2. The van der Waals surface area contributed by atoms with Crippen LogP contribution < -0.4 is 34.7 Å². The third kappa shape index (κ3) is 8.92. The summed E-state index contributed by atoms with van der Waals surface area (Å²) in [5, 5.41) is 31.7. The molecule has 8 nitrogen and oxygen atoms in total. The van der Waals surface area contributed by atoms with Gasteiger partial charge in [-0.1, -0.05) is 74.5 Å². The van der Waals surface area contributed by atoms with Gasteiger partial charge in [-0.15, -0.1) is 0 Å². The van der Waals surface area contributed by atoms with Gasteiger partial charge in [-0.2, -0.15) is 4.31 Å². The number of carbonyl (C=O) groups is 1. The standard InChI is InChI=1S/C34H39FN2O6S.Na/c1-23(2)32-34(44(42,43)36(3)22-24-10-6-4-7-11-24)31(25-12-8-5-9-13-25)33(26-14-16-27(35)17-15-26)37(32)19-18-28(38)20-29(39)21-30(40)41;/h4-17,23,28-29,38-39H,18-22H2,1-3H3,(H,40,41);/q;+1/p-1/t28-,29-;/m1./s1. The molecule has 45 heavy (non-hydrogen) atoms. The quantitative estimate of drug-likeness (QED) is 0.201. The van der Waals surface area contributed by atoms with Crippen molar-refractivity contribution in [2.75, 3.05) is 7.05 Å². The van der Waals surface area contributed by atoms with Gasteiger partial charge in [0.15, 0.2) is 0 Å². The molecule has 0 aliphatic carbocycles. The summed E-state index contributed by atoms with van der Waals surface area (Å²) in [5.41, 5.74) is 3.60. The van der Waals surface area contributed by atoms with Crippen molar-refractivity contribution in [2.45, 2.75) is 69.2 Å². The molecule has 234 valence electrons. The smallest absolute Gasteiger partial charge is 0.550 e. The Bertz CT molecular complexity index is 1660. The van der Waals surface area contributed by atoms with E-state index in [9.17, 15) is 32.9 Å². The maximum Gasteiger partial charge on any atom is 1.00 e. The summed E-state index contributed by atoms with van der Waals surface area (Å²) < 4.78 is 46.5. The van der Waals surface area contributed by atoms with Crippen molar-refractivity contribution in [3.63, 3.8) is 0 Å². The molecule has 0 bridgehead atoms. The van der Waals surface area contributed by atoms with Crippen LogP contribution in [-0.4, -0.2) is 52.7 Å². The minimum absolute atomic E-state index is 0. The molecule has 3 aromatic carbocycles. The molecule has 0 aliphatic heterocycles. The largest absolute Gasteiger partial charge is 1.00 e. The Hall–Kier alpha value is -2.83. The normalized spacial score (nSPS) is 13.1. The second-order valence-corrected chi connectivity index (χ2v) is 13.3. The third-order valence-corrected chi connectivity index (χ3v) is 9.41. The second kappa shape index (κ2) is 16.1. The Balaban J connectivity index is 0.00000552. The molecule has 0 amide bonds. The molecule has 0 saturated heterocycles. The van der Waals surface area contributed by atoms with Gasteiger partial charge in [-0.3, -0.25) is 0 Å². The fourth-order valence-electron chi connectivity index (χ4n) is 5.53. The van der Waals surface area contributed by atoms with Gasteiger partial charge in [-0.25, -0.2) is 12.8 Å². The van der Waals surface area contributed by atoms with Crippen molar-refractivity contribution >= 4 is 16.0 Å². The van der Waals surface area contributed by atoms with Crippen molar-refractivity contribution in [2.24, 2.45) is 0 Å². The van der Waals surface area contributed by atoms with Crippen molar-refractivity contribution in [3.8, 4) is 22.4 Å². The number of rotatable bonds is 14. The molecule has 0 saturated carbocycles. The number of benzene rings is 3. The first kappa shape index (κ1) is 36.6. The number of hydrogen-bond acceptors (Lipinski definition) is 6. The number of nitrogens with zero attached hydrogens (tertiary/aromatic N) is 2. The van der Waals surface area contributed by atoms with Crippen LogP contribution >= 0.6 is 0 Å². The van der Waals surface area contributed by atoms with Gasteiger partial charge >= 0.3 is 29.6 Å². The maximum atomic E-state index is 14.6. The average Bonchev–Trinajstić information content (AvgIpc) is 3.33. The van der Waals surface area contributed by atoms with E-state index in [0.717, 1.165) is 5.56 Å². The number of carbonyl (C=O) groups excluding carboxylic acids is 1. The molecule has 0 spiro atoms. The van der Waals surface area contributed by atoms with Crippen molar-refractivity contribution in [1.29, 1.82) is 0 Å². The van der Waals surface area contributed by atoms with Crippen LogP contribution in [0, 0.1) is 5.82 Å². The van der Waals surface area contributed by atoms with Gasteiger partial charge in [0, 0.05) is 43.8 Å². The molecule has 1 heterocycles. The van der Waals surface area contributed by atoms with Gasteiger partial charge < -0.3 is 24.7 Å². The predicted molar refractivity (Wildman–Crippen MR) is 165 cm³/mol. The van der Waals surface area contributed by atoms with E-state index in [1.807, 2.05) is 79.1 Å². The van der Waals surface area contributed by atoms with Crippen LogP contribution in [0.2, 0.25) is 0 Å². The number of aliphatic carboxylic acids is 1. The number of aliphatic hydroxyl groups excluding tert-OH is 2. The number of halogens is 1. The number of carboxylic acid groups (broad SMARTS) is 1. The zero-order valence-corrected chi connectivity index (χ0v) is 28.9. The van der Waals surface area contributed by atoms with Crippen LogP contribution in [0.15, 0.2) is 89.8 Å². The monoisotopic (exact) mass is 644 g/mol. The SMILES string of the molecule is CC(C)c1c(S(=O)(=O)N(C)Cc2ccccc2)c(-c2ccccc2)c(-c2ccc(F)cc2)n1CC[C@@H](O)C[C@@H](O)CC(=O)[O-].[Na+]. The van der Waals surface area contributed by atoms with Crippen LogP contribution in [0.3, 0.4) is 0 Å². The van der Waals surface area contributed by atoms with E-state index in [1.165, 1.54) is 16.4 Å². The van der Waals surface area contributed by atoms with Crippen molar-refractivity contribution in [1.82, 2.24) is 8.87 Å². The van der Waals surface area contributed by atoms with E-state index >= 15 is 0 Å². The maximum absolute atomic E-state index is 14.6. The van der Waals surface area contributed by atoms with Gasteiger partial charge in [0.25, 0.3) is 0 Å². The minimum Gasteiger partial charge on any atom is -0.550 e. The third-order valence-electron chi connectivity index (χ3n) is 7.53. The Morgan fingerprint density at radius 2 is 1.49 bits per heavy atom. The van der Waals surface area contributed by atoms with E-state index < -0.39 is 40.4 Å². The first-order valence-electron chi connectivity index (χ1n) is 14.5. The molecular weight excluding hydrogens is 606 g/mol. The Kier molecular flexibility index (Phi) is 13.1. The summed E-state index contributed by atoms with van der Waals surface area (Å²) >= 11 is 0. The number of carboxylic acids is 1. The van der Waals surface area contributed by atoms with E-state index in [1.54, 1.807) is 19.2 Å². The van der Waals surface area contributed by atoms with Gasteiger partial charge in [0.2, 0.25) is 10.0 Å². The molecule has 0 aliphatic rings. The average molecular weight is 645 g/mol. The molecule has 0 radical (unpaired) electrons. The summed E-state index contributed by atoms with van der Waals surface area (Å²) in [5.74, 6) is -2.15. The molecule has 11 heteroatoms. The fraction of sp³-hybridized carbons (Fsp3) is 0.324. The van der Waals surface area contributed by atoms with E-state index in [-0.39, 0.29) is 66.3 Å². The van der Waals surface area contributed by atoms with E-state index in [4.69, 9.17) is 0 Å². The predicted octanol–water partition coefficient (Wildman–Crippen LogP) is 1.55. The van der Waals surface area contributed by atoms with E-state index in [2.05, 4.69) is 0 Å². The van der Waals surface area contributed by atoms with Crippen molar-refractivity contribution < 1.29 is 62.5 Å². The van der Waals surface area contributed by atoms with E-state index in [0.29, 0.717) is 28.1 Å². The summed E-state index contributed by atoms with van der Waals surface area (Å²) in [4.78, 5) is 11.0. The van der Waals surface area contributed by atoms with Crippen molar-refractivity contribution in [3.05, 3.63) is 102 Å². The van der Waals surface area contributed by atoms with Crippen LogP contribution in [-0.2, 0) is 27.9 Å². The zero-order chi connectivity index (χ0) is 32.0. The minimum atomic E-state index is -4.12. The molecule has 2 atom stereocenters. The summed E-state index contributed by atoms with van der Waals surface area (Å²) in [6, 6.07) is 24.3. The number of aromatic nitrogens is 1. The topological polar surface area (TPSA) is 123 Å². The van der Waals surface area contributed by atoms with Gasteiger partial charge in [-0.05, 0) is 59.7 Å². The molecule has 1 aromatic heterocycles. The second-order valence-electron chi connectivity index (χ2n) is 11.3. The summed E-state index contributed by atoms with van der Waals surface area (Å²) in [7, 11) is -2.58. The number of hydrogen-bond donors (Lipinski definition) is 2. The Morgan fingerprint density at radius 3 is 2.04 bits per heavy atom. The molecule has 0 fully saturated rings. The first-order chi connectivity index (χ1) is 20.9. The van der Waals surface area contributed by atoms with Crippen LogP contribution in [0.4, 0.5) is 4.39 Å². The van der Waals surface area contributed by atoms with Gasteiger partial charge in [0.1, 0.15) is 10.7 Å². The zero-order valence-electron chi connectivity index (χ0n) is 26.1. The van der Waals surface area contributed by atoms with Crippen LogP contribution in [0.25, 0.3) is 22.4 Å². The molecule has 4 rings (SSSR count). The molecule has 0 unspecified atom stereocenters. The summed E-state index contributed by atoms with van der Waals surface area (Å²) in [6.07, 6.45) is -3.06. The molecule has 4 aromatic rings. The fourth-order valence-corrected chi connectivity index (χ4v) is 7.24. The molecular formula is C34H38FN2NaO6S. The molecule has 2 N–H and O–H groups in total.